The third-order valence-electron chi connectivity index (χ3n) is 8.72. The lowest BCUT2D eigenvalue weighted by molar-refractivity contribution is -0.119. The van der Waals surface area contributed by atoms with Crippen LogP contribution in [0.3, 0.4) is 0 Å². The van der Waals surface area contributed by atoms with Crippen LogP contribution in [0.25, 0.3) is 0 Å². The molecular weight excluding hydrogens is 568 g/mol. The third kappa shape index (κ3) is 11.0. The topological polar surface area (TPSA) is 76.8 Å². The Balaban J connectivity index is 0.000000458. The Bertz CT molecular complexity index is 1060. The van der Waals surface area contributed by atoms with Crippen molar-refractivity contribution in [3.05, 3.63) is 54.1 Å². The molecule has 2 aromatic rings. The van der Waals surface area contributed by atoms with E-state index in [4.69, 9.17) is 15.2 Å². The summed E-state index contributed by atoms with van der Waals surface area (Å²) in [5.41, 5.74) is 5.45. The molecule has 1 saturated heterocycles. The van der Waals surface area contributed by atoms with E-state index in [-0.39, 0.29) is 18.0 Å². The van der Waals surface area contributed by atoms with Crippen molar-refractivity contribution in [2.75, 3.05) is 26.7 Å². The van der Waals surface area contributed by atoms with Crippen LogP contribution >= 0.6 is 11.9 Å². The molecule has 1 unspecified atom stereocenters. The Kier molecular flexibility index (Phi) is 13.6. The normalized spacial score (nSPS) is 20.1. The number of alkyl halides is 2. The van der Waals surface area contributed by atoms with Gasteiger partial charge in [-0.25, -0.2) is 4.72 Å². The summed E-state index contributed by atoms with van der Waals surface area (Å²) in [6.45, 7) is 3.08. The molecule has 0 spiro atoms. The molecule has 2 aromatic carbocycles. The van der Waals surface area contributed by atoms with E-state index in [2.05, 4.69) is 16.7 Å². The van der Waals surface area contributed by atoms with Crippen molar-refractivity contribution < 1.29 is 23.0 Å². The van der Waals surface area contributed by atoms with Crippen LogP contribution in [0, 0.1) is 5.92 Å². The number of benzene rings is 2. The number of hydrogen-bond acceptors (Lipinski definition) is 7. The number of aldehydes is 1. The summed E-state index contributed by atoms with van der Waals surface area (Å²) < 4.78 is 44.6. The van der Waals surface area contributed by atoms with Gasteiger partial charge in [0, 0.05) is 16.5 Å². The fourth-order valence-corrected chi connectivity index (χ4v) is 6.57. The zero-order valence-corrected chi connectivity index (χ0v) is 26.3. The van der Waals surface area contributed by atoms with Crippen molar-refractivity contribution in [3.63, 3.8) is 0 Å². The summed E-state index contributed by atoms with van der Waals surface area (Å²) in [4.78, 5) is 14.6. The number of nitrogens with zero attached hydrogens (tertiary/aromatic N) is 1. The number of halogens is 2. The SMILES string of the molecule is CN1CCC(N)CC1.O=CC(NSc1ccc(OCC2CCCCC2)cc1)C(F)(F)c1ccc(OC2CCCCC2)cc1. The molecule has 1 aliphatic heterocycles. The van der Waals surface area contributed by atoms with Gasteiger partial charge in [0.15, 0.2) is 0 Å². The van der Waals surface area contributed by atoms with Gasteiger partial charge in [-0.05, 0) is 138 Å². The van der Waals surface area contributed by atoms with E-state index in [9.17, 15) is 4.79 Å². The number of likely N-dealkylation sites (tertiary alicyclic amines) is 1. The van der Waals surface area contributed by atoms with Crippen LogP contribution in [0.1, 0.15) is 82.6 Å². The van der Waals surface area contributed by atoms with E-state index in [1.54, 1.807) is 12.1 Å². The largest absolute Gasteiger partial charge is 0.493 e. The van der Waals surface area contributed by atoms with Gasteiger partial charge in [0.2, 0.25) is 0 Å². The molecule has 3 N–H and O–H groups in total. The van der Waals surface area contributed by atoms with Gasteiger partial charge in [-0.2, -0.15) is 8.78 Å². The first-order valence-electron chi connectivity index (χ1n) is 16.0. The van der Waals surface area contributed by atoms with Crippen LogP contribution in [0.2, 0.25) is 0 Å². The molecule has 0 amide bonds. The second-order valence-electron chi connectivity index (χ2n) is 12.3. The molecule has 3 fully saturated rings. The van der Waals surface area contributed by atoms with Crippen LogP contribution in [-0.2, 0) is 10.7 Å². The number of ether oxygens (including phenoxy) is 2. The molecule has 238 valence electrons. The molecule has 0 radical (unpaired) electrons. The van der Waals surface area contributed by atoms with Crippen molar-refractivity contribution in [2.45, 2.75) is 106 Å². The highest BCUT2D eigenvalue weighted by Crippen LogP contribution is 2.35. The average Bonchev–Trinajstić information content (AvgIpc) is 3.04. The van der Waals surface area contributed by atoms with E-state index in [1.807, 2.05) is 24.3 Å². The van der Waals surface area contributed by atoms with E-state index in [0.717, 1.165) is 48.3 Å². The van der Waals surface area contributed by atoms with Crippen LogP contribution in [0.15, 0.2) is 53.4 Å². The molecule has 6 nitrogen and oxygen atoms in total. The first kappa shape index (κ1) is 33.7. The zero-order valence-electron chi connectivity index (χ0n) is 25.5. The molecule has 1 heterocycles. The van der Waals surface area contributed by atoms with Crippen LogP contribution < -0.4 is 19.9 Å². The Hall–Kier alpha value is -2.20. The Morgan fingerprint density at radius 3 is 2.07 bits per heavy atom. The molecular formula is C34H49F2N3O3S. The number of piperidine rings is 1. The third-order valence-corrected chi connectivity index (χ3v) is 9.60. The summed E-state index contributed by atoms with van der Waals surface area (Å²) in [5.74, 6) is -1.39. The molecule has 1 atom stereocenters. The molecule has 3 aliphatic rings. The number of hydrogen-bond donors (Lipinski definition) is 2. The van der Waals surface area contributed by atoms with E-state index in [0.29, 0.717) is 24.3 Å². The van der Waals surface area contributed by atoms with Crippen LogP contribution in [0.5, 0.6) is 11.5 Å². The quantitative estimate of drug-likeness (QED) is 0.202. The second kappa shape index (κ2) is 17.3. The van der Waals surface area contributed by atoms with Crippen molar-refractivity contribution in [3.8, 4) is 11.5 Å². The smallest absolute Gasteiger partial charge is 0.295 e. The first-order valence-corrected chi connectivity index (χ1v) is 16.8. The first-order chi connectivity index (χ1) is 20.8. The molecule has 5 rings (SSSR count). The Morgan fingerprint density at radius 1 is 0.907 bits per heavy atom. The van der Waals surface area contributed by atoms with Gasteiger partial charge in [0.05, 0.1) is 12.7 Å². The van der Waals surface area contributed by atoms with Crippen molar-refractivity contribution >= 4 is 18.2 Å². The highest BCUT2D eigenvalue weighted by atomic mass is 32.2. The summed E-state index contributed by atoms with van der Waals surface area (Å²) in [6, 6.07) is 11.9. The summed E-state index contributed by atoms with van der Waals surface area (Å²) in [5, 5.41) is 0. The predicted octanol–water partition coefficient (Wildman–Crippen LogP) is 7.35. The monoisotopic (exact) mass is 617 g/mol. The van der Waals surface area contributed by atoms with E-state index >= 15 is 8.78 Å². The molecule has 0 aromatic heterocycles. The van der Waals surface area contributed by atoms with Gasteiger partial charge in [-0.1, -0.05) is 25.7 Å². The Labute approximate surface area is 260 Å². The minimum Gasteiger partial charge on any atom is -0.493 e. The van der Waals surface area contributed by atoms with E-state index in [1.165, 1.54) is 76.6 Å². The van der Waals surface area contributed by atoms with Crippen LogP contribution in [-0.4, -0.2) is 56.1 Å². The highest BCUT2D eigenvalue weighted by Gasteiger charge is 2.41. The lowest BCUT2D eigenvalue weighted by atomic mass is 9.90. The maximum atomic E-state index is 15.1. The van der Waals surface area contributed by atoms with Gasteiger partial charge in [-0.3, -0.25) is 0 Å². The molecule has 9 heteroatoms. The van der Waals surface area contributed by atoms with Gasteiger partial charge in [0.25, 0.3) is 5.92 Å². The fraction of sp³-hybridized carbons (Fsp3) is 0.618. The lowest BCUT2D eigenvalue weighted by Gasteiger charge is -2.25. The molecule has 0 bridgehead atoms. The number of nitrogens with two attached hydrogens (primary N) is 1. The lowest BCUT2D eigenvalue weighted by Crippen LogP contribution is -2.41. The number of rotatable bonds is 11. The molecule has 2 aliphatic carbocycles. The summed E-state index contributed by atoms with van der Waals surface area (Å²) >= 11 is 1.01. The molecule has 2 saturated carbocycles. The maximum absolute atomic E-state index is 15.1. The standard InChI is InChI=1S/C28H35F2NO3S.C6H14N2/c29-28(30,22-11-13-25(14-12-22)34-24-9-5-2-6-10-24)27(19-32)31-35-26-17-15-23(16-18-26)33-20-21-7-3-1-4-8-21;1-8-4-2-6(7)3-5-8/h11-19,21,24,27,31H,1-10,20H2;6H,2-5,7H2,1H3. The zero-order chi connectivity index (χ0) is 30.5. The minimum absolute atomic E-state index is 0.153. The molecule has 43 heavy (non-hydrogen) atoms. The summed E-state index contributed by atoms with van der Waals surface area (Å²) in [7, 11) is 2.14. The average molecular weight is 618 g/mol. The Morgan fingerprint density at radius 2 is 1.49 bits per heavy atom. The predicted molar refractivity (Wildman–Crippen MR) is 170 cm³/mol. The summed E-state index contributed by atoms with van der Waals surface area (Å²) in [6.07, 6.45) is 14.6. The number of carbonyl (C=O) groups is 1. The van der Waals surface area contributed by atoms with Gasteiger partial charge in [-0.15, -0.1) is 0 Å². The second-order valence-corrected chi connectivity index (χ2v) is 13.2. The maximum Gasteiger partial charge on any atom is 0.295 e. The van der Waals surface area contributed by atoms with Crippen molar-refractivity contribution in [2.24, 2.45) is 11.7 Å². The van der Waals surface area contributed by atoms with Crippen LogP contribution in [0.4, 0.5) is 8.78 Å². The van der Waals surface area contributed by atoms with Gasteiger partial charge < -0.3 is 24.9 Å². The van der Waals surface area contributed by atoms with Crippen molar-refractivity contribution in [1.29, 1.82) is 0 Å². The van der Waals surface area contributed by atoms with E-state index < -0.39 is 12.0 Å². The minimum atomic E-state index is -3.36. The number of carbonyl (C=O) groups excluding carboxylic acids is 1. The van der Waals surface area contributed by atoms with Gasteiger partial charge in [0.1, 0.15) is 23.8 Å². The number of nitrogens with one attached hydrogen (secondary N) is 1. The van der Waals surface area contributed by atoms with Crippen molar-refractivity contribution in [1.82, 2.24) is 9.62 Å². The van der Waals surface area contributed by atoms with Gasteiger partial charge >= 0.3 is 0 Å². The fourth-order valence-electron chi connectivity index (χ4n) is 5.83. The highest BCUT2D eigenvalue weighted by molar-refractivity contribution is 7.97.